The summed E-state index contributed by atoms with van der Waals surface area (Å²) in [5.74, 6) is 1.55. The third-order valence-corrected chi connectivity index (χ3v) is 5.12. The van der Waals surface area contributed by atoms with E-state index in [1.807, 2.05) is 24.3 Å². The first-order valence-electron chi connectivity index (χ1n) is 10.1. The van der Waals surface area contributed by atoms with Gasteiger partial charge >= 0.3 is 0 Å². The highest BCUT2D eigenvalue weighted by Gasteiger charge is 2.24. The monoisotopic (exact) mass is 506 g/mol. The summed E-state index contributed by atoms with van der Waals surface area (Å²) < 4.78 is 0. The largest absolute Gasteiger partial charge is 0.357 e. The maximum Gasteiger partial charge on any atom is 0.251 e. The van der Waals surface area contributed by atoms with Gasteiger partial charge < -0.3 is 15.5 Å². The first-order valence-corrected chi connectivity index (χ1v) is 10.1. The van der Waals surface area contributed by atoms with Crippen LogP contribution >= 0.6 is 24.0 Å². The van der Waals surface area contributed by atoms with Crippen LogP contribution in [0.1, 0.15) is 34.8 Å². The first kappa shape index (κ1) is 23.2. The second-order valence-corrected chi connectivity index (χ2v) is 7.24. The van der Waals surface area contributed by atoms with Crippen molar-refractivity contribution in [3.63, 3.8) is 0 Å². The summed E-state index contributed by atoms with van der Waals surface area (Å²) in [5.41, 5.74) is 3.11. The zero-order chi connectivity index (χ0) is 19.8. The van der Waals surface area contributed by atoms with Crippen LogP contribution in [0.3, 0.4) is 0 Å². The van der Waals surface area contributed by atoms with Crippen LogP contribution in [0, 0.1) is 5.92 Å². The predicted octanol–water partition coefficient (Wildman–Crippen LogP) is 3.69. The highest BCUT2D eigenvalue weighted by molar-refractivity contribution is 14.0. The van der Waals surface area contributed by atoms with Crippen molar-refractivity contribution < 1.29 is 4.79 Å². The summed E-state index contributed by atoms with van der Waals surface area (Å²) in [6, 6.07) is 18.4. The van der Waals surface area contributed by atoms with Gasteiger partial charge in [-0.15, -0.1) is 24.0 Å². The standard InChI is InChI=1S/C23H30N4O.HI/c1-3-25-23(26-16-19-10-7-11-21(15-19)22(28)24-2)27-13-12-20(17-27)14-18-8-5-4-6-9-18;/h4-11,15,20H,3,12-14,16-17H2,1-2H3,(H,24,28)(H,25,26);1H. The quantitative estimate of drug-likeness (QED) is 0.357. The Hall–Kier alpha value is -2.09. The second-order valence-electron chi connectivity index (χ2n) is 7.24. The van der Waals surface area contributed by atoms with Crippen molar-refractivity contribution >= 4 is 35.8 Å². The number of carbonyl (C=O) groups is 1. The van der Waals surface area contributed by atoms with E-state index in [9.17, 15) is 4.79 Å². The van der Waals surface area contributed by atoms with E-state index in [0.29, 0.717) is 18.0 Å². The fourth-order valence-electron chi connectivity index (χ4n) is 3.69. The van der Waals surface area contributed by atoms with Crippen molar-refractivity contribution in [1.82, 2.24) is 15.5 Å². The van der Waals surface area contributed by atoms with E-state index in [1.54, 1.807) is 7.05 Å². The van der Waals surface area contributed by atoms with Crippen molar-refractivity contribution in [2.75, 3.05) is 26.7 Å². The number of likely N-dealkylation sites (tertiary alicyclic amines) is 1. The molecule has 6 heteroatoms. The molecule has 3 rings (SSSR count). The van der Waals surface area contributed by atoms with E-state index in [-0.39, 0.29) is 29.9 Å². The van der Waals surface area contributed by atoms with Crippen LogP contribution < -0.4 is 10.6 Å². The minimum absolute atomic E-state index is 0. The Kier molecular flexibility index (Phi) is 9.44. The molecule has 1 unspecified atom stereocenters. The van der Waals surface area contributed by atoms with Crippen LogP contribution in [0.2, 0.25) is 0 Å². The molecule has 1 aliphatic rings. The van der Waals surface area contributed by atoms with Crippen molar-refractivity contribution in [1.29, 1.82) is 0 Å². The molecule has 0 bridgehead atoms. The molecule has 2 aromatic rings. The summed E-state index contributed by atoms with van der Waals surface area (Å²) in [6.45, 7) is 5.56. The fourth-order valence-corrected chi connectivity index (χ4v) is 3.69. The number of nitrogens with zero attached hydrogens (tertiary/aromatic N) is 2. The number of guanidine groups is 1. The SMILES string of the molecule is CCNC(=NCc1cccc(C(=O)NC)c1)N1CCC(Cc2ccccc2)C1.I. The lowest BCUT2D eigenvalue weighted by atomic mass is 9.99. The molecule has 2 N–H and O–H groups in total. The Morgan fingerprint density at radius 2 is 1.90 bits per heavy atom. The van der Waals surface area contributed by atoms with Gasteiger partial charge in [0, 0.05) is 32.2 Å². The van der Waals surface area contributed by atoms with Gasteiger partial charge in [0.05, 0.1) is 6.54 Å². The molecule has 0 radical (unpaired) electrons. The normalized spacial score (nSPS) is 16.3. The molecule has 0 saturated carbocycles. The van der Waals surface area contributed by atoms with Gasteiger partial charge in [0.15, 0.2) is 5.96 Å². The van der Waals surface area contributed by atoms with Crippen molar-refractivity contribution in [3.05, 3.63) is 71.3 Å². The summed E-state index contributed by atoms with van der Waals surface area (Å²) >= 11 is 0. The Balaban J connectivity index is 0.00000300. The lowest BCUT2D eigenvalue weighted by Crippen LogP contribution is -2.40. The predicted molar refractivity (Wildman–Crippen MR) is 130 cm³/mol. The third-order valence-electron chi connectivity index (χ3n) is 5.12. The van der Waals surface area contributed by atoms with E-state index in [0.717, 1.165) is 37.6 Å². The van der Waals surface area contributed by atoms with Gasteiger partial charge in [-0.1, -0.05) is 42.5 Å². The molecule has 0 aromatic heterocycles. The first-order chi connectivity index (χ1) is 13.7. The number of benzene rings is 2. The molecule has 0 spiro atoms. The highest BCUT2D eigenvalue weighted by atomic mass is 127. The lowest BCUT2D eigenvalue weighted by molar-refractivity contribution is 0.0963. The van der Waals surface area contributed by atoms with E-state index in [2.05, 4.69) is 52.8 Å². The van der Waals surface area contributed by atoms with E-state index >= 15 is 0 Å². The van der Waals surface area contributed by atoms with Crippen molar-refractivity contribution in [3.8, 4) is 0 Å². The maximum absolute atomic E-state index is 11.8. The molecule has 1 atom stereocenters. The smallest absolute Gasteiger partial charge is 0.251 e. The number of carbonyl (C=O) groups excluding carboxylic acids is 1. The molecule has 29 heavy (non-hydrogen) atoms. The lowest BCUT2D eigenvalue weighted by Gasteiger charge is -2.22. The minimum atomic E-state index is -0.0685. The third kappa shape index (κ3) is 6.73. The number of amides is 1. The molecule has 0 aliphatic carbocycles. The molecule has 1 amide bonds. The molecule has 1 fully saturated rings. The number of rotatable bonds is 6. The minimum Gasteiger partial charge on any atom is -0.357 e. The summed E-state index contributed by atoms with van der Waals surface area (Å²) in [4.78, 5) is 19.0. The van der Waals surface area contributed by atoms with Crippen molar-refractivity contribution in [2.45, 2.75) is 26.3 Å². The summed E-state index contributed by atoms with van der Waals surface area (Å²) in [5, 5.41) is 6.09. The number of halogens is 1. The zero-order valence-corrected chi connectivity index (χ0v) is 19.6. The Labute approximate surface area is 191 Å². The van der Waals surface area contributed by atoms with Crippen molar-refractivity contribution in [2.24, 2.45) is 10.9 Å². The van der Waals surface area contributed by atoms with Gasteiger partial charge in [-0.3, -0.25) is 4.79 Å². The summed E-state index contributed by atoms with van der Waals surface area (Å²) in [6.07, 6.45) is 2.30. The Morgan fingerprint density at radius 3 is 2.62 bits per heavy atom. The highest BCUT2D eigenvalue weighted by Crippen LogP contribution is 2.21. The van der Waals surface area contributed by atoms with Crippen LogP contribution in [-0.4, -0.2) is 43.4 Å². The van der Waals surface area contributed by atoms with Gasteiger partial charge in [0.1, 0.15) is 0 Å². The number of nitrogens with one attached hydrogen (secondary N) is 2. The molecule has 1 heterocycles. The van der Waals surface area contributed by atoms with Gasteiger partial charge in [-0.05, 0) is 48.9 Å². The molecule has 156 valence electrons. The molecule has 1 aliphatic heterocycles. The Morgan fingerprint density at radius 1 is 1.14 bits per heavy atom. The molecular weight excluding hydrogens is 475 g/mol. The number of aliphatic imine (C=N–C) groups is 1. The van der Waals surface area contributed by atoms with Crippen LogP contribution in [-0.2, 0) is 13.0 Å². The molecule has 2 aromatic carbocycles. The second kappa shape index (κ2) is 11.8. The molecule has 1 saturated heterocycles. The fraction of sp³-hybridized carbons (Fsp3) is 0.391. The number of hydrogen-bond donors (Lipinski definition) is 2. The molecule has 5 nitrogen and oxygen atoms in total. The average molecular weight is 506 g/mol. The van der Waals surface area contributed by atoms with Gasteiger partial charge in [-0.25, -0.2) is 4.99 Å². The number of hydrogen-bond acceptors (Lipinski definition) is 2. The van der Waals surface area contributed by atoms with Crippen LogP contribution in [0.15, 0.2) is 59.6 Å². The van der Waals surface area contributed by atoms with Gasteiger partial charge in [-0.2, -0.15) is 0 Å². The Bertz CT molecular complexity index is 810. The van der Waals surface area contributed by atoms with E-state index in [4.69, 9.17) is 4.99 Å². The summed E-state index contributed by atoms with van der Waals surface area (Å²) in [7, 11) is 1.65. The van der Waals surface area contributed by atoms with Crippen LogP contribution in [0.4, 0.5) is 0 Å². The zero-order valence-electron chi connectivity index (χ0n) is 17.2. The van der Waals surface area contributed by atoms with Crippen LogP contribution in [0.25, 0.3) is 0 Å². The topological polar surface area (TPSA) is 56.7 Å². The average Bonchev–Trinajstić information content (AvgIpc) is 3.19. The maximum atomic E-state index is 11.8. The van der Waals surface area contributed by atoms with Gasteiger partial charge in [0.25, 0.3) is 5.91 Å². The van der Waals surface area contributed by atoms with Gasteiger partial charge in [0.2, 0.25) is 0 Å². The molecular formula is C23H31IN4O. The van der Waals surface area contributed by atoms with E-state index in [1.165, 1.54) is 12.0 Å². The van der Waals surface area contributed by atoms with E-state index < -0.39 is 0 Å². The van der Waals surface area contributed by atoms with Crippen LogP contribution in [0.5, 0.6) is 0 Å².